The highest BCUT2D eigenvalue weighted by Crippen LogP contribution is 2.19. The molecule has 0 saturated carbocycles. The lowest BCUT2D eigenvalue weighted by Crippen LogP contribution is -2.40. The molecule has 0 aromatic carbocycles. The minimum absolute atomic E-state index is 0.167. The third-order valence-electron chi connectivity index (χ3n) is 2.48. The lowest BCUT2D eigenvalue weighted by atomic mass is 10.2. The Balaban J connectivity index is 2.26. The Morgan fingerprint density at radius 1 is 1.53 bits per heavy atom. The summed E-state index contributed by atoms with van der Waals surface area (Å²) < 4.78 is 5.01. The van der Waals surface area contributed by atoms with E-state index in [0.29, 0.717) is 5.75 Å². The average molecular weight is 287 g/mol. The topological polar surface area (TPSA) is 118 Å². The van der Waals surface area contributed by atoms with Crippen LogP contribution in [0.15, 0.2) is 4.52 Å². The zero-order chi connectivity index (χ0) is 14.4. The van der Waals surface area contributed by atoms with E-state index >= 15 is 0 Å². The van der Waals surface area contributed by atoms with Crippen molar-refractivity contribution in [1.29, 1.82) is 0 Å². The van der Waals surface area contributed by atoms with E-state index < -0.39 is 12.0 Å². The van der Waals surface area contributed by atoms with Crippen LogP contribution in [0.1, 0.15) is 17.0 Å². The van der Waals surface area contributed by atoms with Crippen molar-refractivity contribution >= 4 is 23.6 Å². The molecule has 0 aliphatic rings. The van der Waals surface area contributed by atoms with Crippen molar-refractivity contribution in [3.8, 4) is 0 Å². The second kappa shape index (κ2) is 7.15. The van der Waals surface area contributed by atoms with Crippen LogP contribution in [0.25, 0.3) is 0 Å². The number of nitrogens with one attached hydrogen (secondary N) is 1. The number of primary amides is 1. The quantitative estimate of drug-likeness (QED) is 0.621. The van der Waals surface area contributed by atoms with E-state index in [4.69, 9.17) is 15.4 Å². The molecule has 1 heterocycles. The summed E-state index contributed by atoms with van der Waals surface area (Å²) in [7, 11) is 0. The molecule has 7 nitrogen and oxygen atoms in total. The first-order chi connectivity index (χ1) is 8.91. The fourth-order valence-corrected chi connectivity index (χ4v) is 2.32. The average Bonchev–Trinajstić information content (AvgIpc) is 2.67. The first-order valence-electron chi connectivity index (χ1n) is 5.65. The SMILES string of the molecule is Cc1noc(C)c1CSCC(=O)NCC(O)C(N)=O. The number of aryl methyl sites for hydroxylation is 2. The molecule has 1 unspecified atom stereocenters. The van der Waals surface area contributed by atoms with E-state index in [1.807, 2.05) is 13.8 Å². The third kappa shape index (κ3) is 4.92. The Morgan fingerprint density at radius 3 is 2.74 bits per heavy atom. The summed E-state index contributed by atoms with van der Waals surface area (Å²) in [6.45, 7) is 3.49. The molecule has 0 saturated heterocycles. The molecular formula is C11H17N3O4S. The zero-order valence-corrected chi connectivity index (χ0v) is 11.6. The van der Waals surface area contributed by atoms with Gasteiger partial charge in [0, 0.05) is 11.3 Å². The van der Waals surface area contributed by atoms with Crippen molar-refractivity contribution in [3.63, 3.8) is 0 Å². The summed E-state index contributed by atoms with van der Waals surface area (Å²) in [5.74, 6) is 0.456. The summed E-state index contributed by atoms with van der Waals surface area (Å²) in [4.78, 5) is 22.0. The van der Waals surface area contributed by atoms with Crippen LogP contribution in [0, 0.1) is 13.8 Å². The lowest BCUT2D eigenvalue weighted by molar-refractivity contribution is -0.126. The number of aliphatic hydroxyl groups excluding tert-OH is 1. The van der Waals surface area contributed by atoms with Gasteiger partial charge in [0.2, 0.25) is 11.8 Å². The Labute approximate surface area is 114 Å². The molecule has 1 rings (SSSR count). The van der Waals surface area contributed by atoms with Crippen LogP contribution in [-0.4, -0.2) is 40.5 Å². The summed E-state index contributed by atoms with van der Waals surface area (Å²) in [5.41, 5.74) is 6.65. The highest BCUT2D eigenvalue weighted by molar-refractivity contribution is 7.99. The van der Waals surface area contributed by atoms with Crippen LogP contribution in [0.2, 0.25) is 0 Å². The van der Waals surface area contributed by atoms with E-state index in [2.05, 4.69) is 10.5 Å². The molecule has 0 aliphatic heterocycles. The van der Waals surface area contributed by atoms with Crippen molar-refractivity contribution in [2.75, 3.05) is 12.3 Å². The molecule has 2 amide bonds. The van der Waals surface area contributed by atoms with Crippen LogP contribution in [0.5, 0.6) is 0 Å². The number of nitrogens with two attached hydrogens (primary N) is 1. The highest BCUT2D eigenvalue weighted by atomic mass is 32.2. The van der Waals surface area contributed by atoms with Gasteiger partial charge in [-0.2, -0.15) is 0 Å². The molecule has 0 aliphatic carbocycles. The Kier molecular flexibility index (Phi) is 5.84. The first kappa shape index (κ1) is 15.5. The summed E-state index contributed by atoms with van der Waals surface area (Å²) in [6, 6.07) is 0. The first-order valence-corrected chi connectivity index (χ1v) is 6.81. The van der Waals surface area contributed by atoms with Gasteiger partial charge >= 0.3 is 0 Å². The van der Waals surface area contributed by atoms with Gasteiger partial charge in [0.1, 0.15) is 11.9 Å². The van der Waals surface area contributed by atoms with E-state index in [0.717, 1.165) is 17.0 Å². The fourth-order valence-electron chi connectivity index (χ4n) is 1.32. The van der Waals surface area contributed by atoms with E-state index in [9.17, 15) is 9.59 Å². The predicted molar refractivity (Wildman–Crippen MR) is 70.3 cm³/mol. The number of carbonyl (C=O) groups excluding carboxylic acids is 2. The minimum atomic E-state index is -1.35. The fraction of sp³-hybridized carbons (Fsp3) is 0.545. The predicted octanol–water partition coefficient (Wildman–Crippen LogP) is -0.513. The van der Waals surface area contributed by atoms with Crippen LogP contribution < -0.4 is 11.1 Å². The number of nitrogens with zero attached hydrogens (tertiary/aromatic N) is 1. The van der Waals surface area contributed by atoms with Crippen molar-refractivity contribution < 1.29 is 19.2 Å². The van der Waals surface area contributed by atoms with Gasteiger partial charge in [0.15, 0.2) is 0 Å². The van der Waals surface area contributed by atoms with Gasteiger partial charge in [-0.3, -0.25) is 9.59 Å². The largest absolute Gasteiger partial charge is 0.381 e. The van der Waals surface area contributed by atoms with Gasteiger partial charge in [-0.15, -0.1) is 11.8 Å². The molecule has 1 aromatic heterocycles. The second-order valence-electron chi connectivity index (χ2n) is 4.02. The standard InChI is InChI=1S/C11H17N3O4S/c1-6-8(7(2)18-14-6)4-19-5-10(16)13-3-9(15)11(12)17/h9,15H,3-5H2,1-2H3,(H2,12,17)(H,13,16). The number of carbonyl (C=O) groups is 2. The van der Waals surface area contributed by atoms with Crippen molar-refractivity contribution in [2.45, 2.75) is 25.7 Å². The Hall–Kier alpha value is -1.54. The van der Waals surface area contributed by atoms with Crippen molar-refractivity contribution in [3.05, 3.63) is 17.0 Å². The number of amides is 2. The molecule has 1 aromatic rings. The van der Waals surface area contributed by atoms with Gasteiger partial charge < -0.3 is 20.7 Å². The highest BCUT2D eigenvalue weighted by Gasteiger charge is 2.13. The number of aliphatic hydroxyl groups is 1. The van der Waals surface area contributed by atoms with Gasteiger partial charge in [0.05, 0.1) is 18.0 Å². The van der Waals surface area contributed by atoms with Gasteiger partial charge in [-0.1, -0.05) is 5.16 Å². The molecule has 0 spiro atoms. The van der Waals surface area contributed by atoms with Crippen molar-refractivity contribution in [1.82, 2.24) is 10.5 Å². The van der Waals surface area contributed by atoms with E-state index in [1.54, 1.807) is 0 Å². The summed E-state index contributed by atoms with van der Waals surface area (Å²) >= 11 is 1.40. The van der Waals surface area contributed by atoms with Crippen LogP contribution >= 0.6 is 11.8 Å². The maximum atomic E-state index is 11.4. The molecule has 0 radical (unpaired) electrons. The molecular weight excluding hydrogens is 270 g/mol. The molecule has 19 heavy (non-hydrogen) atoms. The molecule has 8 heteroatoms. The molecule has 4 N–H and O–H groups in total. The van der Waals surface area contributed by atoms with Crippen LogP contribution in [-0.2, 0) is 15.3 Å². The number of thioether (sulfide) groups is 1. The molecule has 0 fully saturated rings. The maximum Gasteiger partial charge on any atom is 0.248 e. The van der Waals surface area contributed by atoms with Gasteiger partial charge in [-0.25, -0.2) is 0 Å². The molecule has 106 valence electrons. The molecule has 1 atom stereocenters. The number of hydrogen-bond donors (Lipinski definition) is 3. The molecule has 0 bridgehead atoms. The monoisotopic (exact) mass is 287 g/mol. The van der Waals surface area contributed by atoms with Crippen LogP contribution in [0.4, 0.5) is 0 Å². The second-order valence-corrected chi connectivity index (χ2v) is 5.00. The lowest BCUT2D eigenvalue weighted by Gasteiger charge is -2.08. The van der Waals surface area contributed by atoms with E-state index in [-0.39, 0.29) is 18.2 Å². The summed E-state index contributed by atoms with van der Waals surface area (Å²) in [6.07, 6.45) is -1.35. The third-order valence-corrected chi connectivity index (χ3v) is 3.44. The van der Waals surface area contributed by atoms with Gasteiger partial charge in [0.25, 0.3) is 0 Å². The van der Waals surface area contributed by atoms with E-state index in [1.165, 1.54) is 11.8 Å². The smallest absolute Gasteiger partial charge is 0.248 e. The van der Waals surface area contributed by atoms with Crippen LogP contribution in [0.3, 0.4) is 0 Å². The summed E-state index contributed by atoms with van der Waals surface area (Å²) in [5, 5.41) is 15.3. The Bertz CT molecular complexity index is 441. The zero-order valence-electron chi connectivity index (χ0n) is 10.8. The normalized spacial score (nSPS) is 12.2. The number of rotatable bonds is 7. The Morgan fingerprint density at radius 2 is 2.21 bits per heavy atom. The number of hydrogen-bond acceptors (Lipinski definition) is 6. The number of aromatic nitrogens is 1. The van der Waals surface area contributed by atoms with Crippen molar-refractivity contribution in [2.24, 2.45) is 5.73 Å². The van der Waals surface area contributed by atoms with Gasteiger partial charge in [-0.05, 0) is 13.8 Å². The maximum absolute atomic E-state index is 11.4. The minimum Gasteiger partial charge on any atom is -0.381 e.